The van der Waals surface area contributed by atoms with Crippen molar-refractivity contribution in [3.05, 3.63) is 216 Å². The van der Waals surface area contributed by atoms with Gasteiger partial charge in [0, 0.05) is 32.9 Å². The number of para-hydroxylation sites is 2. The second-order valence-electron chi connectivity index (χ2n) is 14.5. The van der Waals surface area contributed by atoms with Crippen LogP contribution in [0.1, 0.15) is 0 Å². The van der Waals surface area contributed by atoms with Crippen molar-refractivity contribution in [3.8, 4) is 16.8 Å². The predicted molar refractivity (Wildman–Crippen MR) is 237 cm³/mol. The number of hydrogen-bond donors (Lipinski definition) is 0. The summed E-state index contributed by atoms with van der Waals surface area (Å²) in [6.07, 6.45) is 0. The Morgan fingerprint density at radius 1 is 0.339 bits per heavy atom. The standard InChI is InChI=1S/C53H34N2O/c56-53-47-24-9-11-26-49(47)55(50-27-12-10-25-48(50)53)40-17-13-16-36(32-40)35-28-30-39(31-29-35)54(51-33-37-14-1-3-18-41(37)43-20-5-7-22-45(43)51)52-34-38-15-2-4-19-42(38)44-21-6-8-23-46(44)52/h1-34H. The van der Waals surface area contributed by atoms with E-state index in [1.165, 1.54) is 43.1 Å². The van der Waals surface area contributed by atoms with E-state index in [0.29, 0.717) is 10.8 Å². The van der Waals surface area contributed by atoms with Crippen LogP contribution >= 0.6 is 0 Å². The van der Waals surface area contributed by atoms with E-state index >= 15 is 0 Å². The van der Waals surface area contributed by atoms with E-state index < -0.39 is 0 Å². The molecule has 1 aromatic heterocycles. The molecule has 10 aromatic carbocycles. The summed E-state index contributed by atoms with van der Waals surface area (Å²) in [4.78, 5) is 16.0. The van der Waals surface area contributed by atoms with Crippen molar-refractivity contribution in [1.82, 2.24) is 4.57 Å². The van der Waals surface area contributed by atoms with Gasteiger partial charge >= 0.3 is 0 Å². The Bertz CT molecular complexity index is 3220. The van der Waals surface area contributed by atoms with Crippen LogP contribution in [0.3, 0.4) is 0 Å². The molecular weight excluding hydrogens is 681 g/mol. The quantitative estimate of drug-likeness (QED) is 0.131. The van der Waals surface area contributed by atoms with E-state index in [2.05, 4.69) is 167 Å². The molecule has 3 nitrogen and oxygen atoms in total. The number of fused-ring (bicyclic) bond motifs is 8. The first kappa shape index (κ1) is 32.0. The van der Waals surface area contributed by atoms with E-state index in [1.54, 1.807) is 0 Å². The normalized spacial score (nSPS) is 11.6. The maximum Gasteiger partial charge on any atom is 0.197 e. The van der Waals surface area contributed by atoms with Crippen molar-refractivity contribution >= 4 is 82.0 Å². The topological polar surface area (TPSA) is 25.2 Å². The molecule has 56 heavy (non-hydrogen) atoms. The highest BCUT2D eigenvalue weighted by Gasteiger charge is 2.21. The summed E-state index contributed by atoms with van der Waals surface area (Å²) in [5.74, 6) is 0. The Balaban J connectivity index is 1.11. The third kappa shape index (κ3) is 5.02. The van der Waals surface area contributed by atoms with Gasteiger partial charge in [0.25, 0.3) is 0 Å². The first-order valence-electron chi connectivity index (χ1n) is 19.1. The SMILES string of the molecule is O=c1c2ccccc2n(-c2cccc(-c3ccc(N(c4cc5ccccc5c5ccccc45)c4cc5ccccc5c5ccccc45)cc3)c2)c2ccccc12. The second-order valence-corrected chi connectivity index (χ2v) is 14.5. The fourth-order valence-electron chi connectivity index (χ4n) is 8.75. The average Bonchev–Trinajstić information content (AvgIpc) is 3.27. The lowest BCUT2D eigenvalue weighted by molar-refractivity contribution is 1.16. The molecule has 0 aliphatic heterocycles. The van der Waals surface area contributed by atoms with Gasteiger partial charge in [-0.1, -0.05) is 146 Å². The van der Waals surface area contributed by atoms with Crippen LogP contribution in [0.5, 0.6) is 0 Å². The van der Waals surface area contributed by atoms with Crippen molar-refractivity contribution in [2.75, 3.05) is 4.90 Å². The number of benzene rings is 10. The number of pyridine rings is 1. The Morgan fingerprint density at radius 2 is 0.786 bits per heavy atom. The molecule has 0 unspecified atom stereocenters. The summed E-state index contributed by atoms with van der Waals surface area (Å²) < 4.78 is 2.21. The smallest absolute Gasteiger partial charge is 0.197 e. The Hall–Kier alpha value is -7.49. The summed E-state index contributed by atoms with van der Waals surface area (Å²) >= 11 is 0. The van der Waals surface area contributed by atoms with Crippen LogP contribution in [0, 0.1) is 0 Å². The summed E-state index contributed by atoms with van der Waals surface area (Å²) in [6, 6.07) is 73.0. The van der Waals surface area contributed by atoms with E-state index in [0.717, 1.165) is 44.9 Å². The molecule has 0 bridgehead atoms. The number of anilines is 3. The van der Waals surface area contributed by atoms with Gasteiger partial charge in [-0.3, -0.25) is 4.79 Å². The number of rotatable bonds is 5. The highest BCUT2D eigenvalue weighted by Crippen LogP contribution is 2.46. The molecule has 0 amide bonds. The van der Waals surface area contributed by atoms with Gasteiger partial charge in [0.2, 0.25) is 0 Å². The Morgan fingerprint density at radius 3 is 1.32 bits per heavy atom. The van der Waals surface area contributed by atoms with Gasteiger partial charge in [-0.05, 0) is 104 Å². The third-order valence-electron chi connectivity index (χ3n) is 11.3. The summed E-state index contributed by atoms with van der Waals surface area (Å²) in [5.41, 5.74) is 8.39. The van der Waals surface area contributed by atoms with E-state index in [4.69, 9.17) is 0 Å². The van der Waals surface area contributed by atoms with Gasteiger partial charge in [0.15, 0.2) is 5.43 Å². The Labute approximate surface area is 323 Å². The number of aromatic nitrogens is 1. The summed E-state index contributed by atoms with van der Waals surface area (Å²) in [6.45, 7) is 0. The molecule has 0 saturated heterocycles. The Kier molecular flexibility index (Phi) is 7.33. The largest absolute Gasteiger partial charge is 0.309 e. The van der Waals surface area contributed by atoms with Crippen molar-refractivity contribution < 1.29 is 0 Å². The molecular formula is C53H34N2O. The van der Waals surface area contributed by atoms with Crippen LogP contribution in [-0.4, -0.2) is 4.57 Å². The third-order valence-corrected chi connectivity index (χ3v) is 11.3. The van der Waals surface area contributed by atoms with Gasteiger partial charge in [-0.25, -0.2) is 0 Å². The summed E-state index contributed by atoms with van der Waals surface area (Å²) in [7, 11) is 0. The van der Waals surface area contributed by atoms with Crippen molar-refractivity contribution in [1.29, 1.82) is 0 Å². The molecule has 0 spiro atoms. The van der Waals surface area contributed by atoms with Crippen LogP contribution in [0.2, 0.25) is 0 Å². The van der Waals surface area contributed by atoms with Crippen molar-refractivity contribution in [2.24, 2.45) is 0 Å². The second kappa shape index (κ2) is 12.8. The minimum atomic E-state index is 0.0575. The van der Waals surface area contributed by atoms with E-state index in [9.17, 15) is 4.79 Å². The molecule has 3 heteroatoms. The molecule has 0 saturated carbocycles. The number of hydrogen-bond acceptors (Lipinski definition) is 2. The highest BCUT2D eigenvalue weighted by molar-refractivity contribution is 6.18. The molecule has 1 heterocycles. The van der Waals surface area contributed by atoms with E-state index in [-0.39, 0.29) is 5.43 Å². The zero-order chi connectivity index (χ0) is 37.2. The van der Waals surface area contributed by atoms with Crippen LogP contribution in [-0.2, 0) is 0 Å². The van der Waals surface area contributed by atoms with Gasteiger partial charge < -0.3 is 9.47 Å². The van der Waals surface area contributed by atoms with Crippen LogP contribution < -0.4 is 10.3 Å². The first-order chi connectivity index (χ1) is 27.7. The van der Waals surface area contributed by atoms with Gasteiger partial charge in [-0.15, -0.1) is 0 Å². The van der Waals surface area contributed by atoms with Gasteiger partial charge in [0.1, 0.15) is 0 Å². The monoisotopic (exact) mass is 714 g/mol. The van der Waals surface area contributed by atoms with Crippen LogP contribution in [0.4, 0.5) is 17.1 Å². The minimum absolute atomic E-state index is 0.0575. The average molecular weight is 715 g/mol. The molecule has 0 atom stereocenters. The van der Waals surface area contributed by atoms with E-state index in [1.807, 2.05) is 48.5 Å². The van der Waals surface area contributed by atoms with Crippen LogP contribution in [0.15, 0.2) is 211 Å². The molecule has 0 radical (unpaired) electrons. The lowest BCUT2D eigenvalue weighted by Crippen LogP contribution is -2.11. The van der Waals surface area contributed by atoms with Crippen LogP contribution in [0.25, 0.3) is 81.7 Å². The first-order valence-corrected chi connectivity index (χ1v) is 19.1. The minimum Gasteiger partial charge on any atom is -0.309 e. The maximum atomic E-state index is 13.5. The molecule has 0 fully saturated rings. The fourth-order valence-corrected chi connectivity index (χ4v) is 8.75. The molecule has 0 aliphatic rings. The zero-order valence-electron chi connectivity index (χ0n) is 30.4. The van der Waals surface area contributed by atoms with Gasteiger partial charge in [-0.2, -0.15) is 0 Å². The predicted octanol–water partition coefficient (Wildman–Crippen LogP) is 13.9. The molecule has 0 aliphatic carbocycles. The maximum absolute atomic E-state index is 13.5. The molecule has 0 N–H and O–H groups in total. The molecule has 11 rings (SSSR count). The molecule has 262 valence electrons. The lowest BCUT2D eigenvalue weighted by atomic mass is 9.96. The highest BCUT2D eigenvalue weighted by atomic mass is 16.1. The lowest BCUT2D eigenvalue weighted by Gasteiger charge is -2.29. The van der Waals surface area contributed by atoms with Crippen molar-refractivity contribution in [2.45, 2.75) is 0 Å². The number of nitrogens with zero attached hydrogens (tertiary/aromatic N) is 2. The summed E-state index contributed by atoms with van der Waals surface area (Å²) in [5, 5.41) is 11.2. The zero-order valence-corrected chi connectivity index (χ0v) is 30.4. The molecule has 11 aromatic rings. The van der Waals surface area contributed by atoms with Gasteiger partial charge in [0.05, 0.1) is 22.4 Å². The van der Waals surface area contributed by atoms with Crippen molar-refractivity contribution in [3.63, 3.8) is 0 Å². The fraction of sp³-hybridized carbons (Fsp3) is 0.